The molecule has 25 heavy (non-hydrogen) atoms. The number of carbonyl (C=O) groups excluding carboxylic acids is 1. The molecule has 0 atom stereocenters. The lowest BCUT2D eigenvalue weighted by Gasteiger charge is -2.09. The van der Waals surface area contributed by atoms with Gasteiger partial charge in [-0.2, -0.15) is 0 Å². The molecule has 0 aliphatic rings. The molecule has 1 aromatic heterocycles. The molecule has 0 saturated heterocycles. The van der Waals surface area contributed by atoms with Crippen LogP contribution in [0.2, 0.25) is 0 Å². The third-order valence-electron chi connectivity index (χ3n) is 3.75. The first kappa shape index (κ1) is 18.4. The maximum atomic E-state index is 12.0. The number of benzene rings is 1. The van der Waals surface area contributed by atoms with Gasteiger partial charge in [0.1, 0.15) is 17.1 Å². The second-order valence-corrected chi connectivity index (χ2v) is 5.45. The first-order valence-corrected chi connectivity index (χ1v) is 7.74. The number of hydrogen-bond acceptors (Lipinski definition) is 5. The molecular formula is C18H21NO6. The van der Waals surface area contributed by atoms with Gasteiger partial charge in [0.15, 0.2) is 11.5 Å². The maximum absolute atomic E-state index is 12.0. The fraction of sp³-hybridized carbons (Fsp3) is 0.333. The molecule has 2 N–H and O–H groups in total. The van der Waals surface area contributed by atoms with Gasteiger partial charge in [-0.25, -0.2) is 4.79 Å². The Hall–Kier alpha value is -2.96. The Morgan fingerprint density at radius 3 is 2.48 bits per heavy atom. The zero-order valence-electron chi connectivity index (χ0n) is 14.4. The predicted octanol–water partition coefficient (Wildman–Crippen LogP) is 2.55. The van der Waals surface area contributed by atoms with E-state index in [0.29, 0.717) is 35.9 Å². The van der Waals surface area contributed by atoms with Crippen LogP contribution >= 0.6 is 0 Å². The molecule has 1 aromatic carbocycles. The highest BCUT2D eigenvalue weighted by molar-refractivity contribution is 5.88. The van der Waals surface area contributed by atoms with Crippen LogP contribution in [0, 0.1) is 6.92 Å². The van der Waals surface area contributed by atoms with Gasteiger partial charge in [-0.3, -0.25) is 4.79 Å². The third-order valence-corrected chi connectivity index (χ3v) is 3.75. The Morgan fingerprint density at radius 2 is 1.88 bits per heavy atom. The number of ether oxygens (including phenoxy) is 2. The summed E-state index contributed by atoms with van der Waals surface area (Å²) < 4.78 is 15.7. The summed E-state index contributed by atoms with van der Waals surface area (Å²) in [5, 5.41) is 11.7. The Balaban J connectivity index is 1.87. The fourth-order valence-corrected chi connectivity index (χ4v) is 2.41. The smallest absolute Gasteiger partial charge is 0.339 e. The van der Waals surface area contributed by atoms with Gasteiger partial charge in [-0.15, -0.1) is 0 Å². The minimum absolute atomic E-state index is 0.106. The molecule has 0 bridgehead atoms. The number of carboxylic acid groups (broad SMARTS) is 1. The molecule has 0 aliphatic carbocycles. The van der Waals surface area contributed by atoms with Crippen LogP contribution in [-0.4, -0.2) is 31.2 Å². The summed E-state index contributed by atoms with van der Waals surface area (Å²) in [5.41, 5.74) is 1.06. The molecule has 2 rings (SSSR count). The summed E-state index contributed by atoms with van der Waals surface area (Å²) in [6.07, 6.45) is 0.838. The van der Waals surface area contributed by atoms with Crippen LogP contribution in [0.1, 0.15) is 33.9 Å². The van der Waals surface area contributed by atoms with Crippen molar-refractivity contribution in [3.05, 3.63) is 46.9 Å². The van der Waals surface area contributed by atoms with E-state index in [9.17, 15) is 9.59 Å². The molecule has 0 unspecified atom stereocenters. The number of methoxy groups -OCH3 is 2. The van der Waals surface area contributed by atoms with Crippen molar-refractivity contribution in [1.29, 1.82) is 0 Å². The summed E-state index contributed by atoms with van der Waals surface area (Å²) in [7, 11) is 3.13. The second kappa shape index (κ2) is 8.23. The van der Waals surface area contributed by atoms with Crippen molar-refractivity contribution < 1.29 is 28.6 Å². The summed E-state index contributed by atoms with van der Waals surface area (Å²) in [4.78, 5) is 22.9. The van der Waals surface area contributed by atoms with Crippen LogP contribution in [0.3, 0.4) is 0 Å². The average Bonchev–Trinajstić information content (AvgIpc) is 2.98. The highest BCUT2D eigenvalue weighted by Crippen LogP contribution is 2.27. The van der Waals surface area contributed by atoms with E-state index in [1.807, 2.05) is 12.1 Å². The Bertz CT molecular complexity index is 765. The highest BCUT2D eigenvalue weighted by atomic mass is 16.5. The quantitative estimate of drug-likeness (QED) is 0.761. The summed E-state index contributed by atoms with van der Waals surface area (Å²) in [5.74, 6) is 0.787. The SMILES string of the molecule is COc1ccc(CCC(=O)NCc2cc(C(=O)O)c(C)o2)cc1OC. The van der Waals surface area contributed by atoms with E-state index >= 15 is 0 Å². The number of nitrogens with one attached hydrogen (secondary N) is 1. The molecular weight excluding hydrogens is 326 g/mol. The number of amides is 1. The van der Waals surface area contributed by atoms with E-state index in [2.05, 4.69) is 5.32 Å². The van der Waals surface area contributed by atoms with Crippen LogP contribution in [0.5, 0.6) is 11.5 Å². The van der Waals surface area contributed by atoms with E-state index in [-0.39, 0.29) is 18.0 Å². The topological polar surface area (TPSA) is 98.0 Å². The van der Waals surface area contributed by atoms with Crippen molar-refractivity contribution in [3.8, 4) is 11.5 Å². The van der Waals surface area contributed by atoms with Crippen molar-refractivity contribution in [2.45, 2.75) is 26.3 Å². The molecule has 0 saturated carbocycles. The molecule has 1 amide bonds. The van der Waals surface area contributed by atoms with Crippen molar-refractivity contribution in [2.75, 3.05) is 14.2 Å². The Labute approximate surface area is 145 Å². The van der Waals surface area contributed by atoms with Gasteiger partial charge in [-0.05, 0) is 37.1 Å². The van der Waals surface area contributed by atoms with Crippen LogP contribution in [0.15, 0.2) is 28.7 Å². The van der Waals surface area contributed by atoms with Gasteiger partial charge in [0, 0.05) is 6.42 Å². The number of rotatable bonds is 8. The lowest BCUT2D eigenvalue weighted by atomic mass is 10.1. The maximum Gasteiger partial charge on any atom is 0.339 e. The van der Waals surface area contributed by atoms with Gasteiger partial charge in [0.05, 0.1) is 20.8 Å². The summed E-state index contributed by atoms with van der Waals surface area (Å²) >= 11 is 0. The van der Waals surface area contributed by atoms with Crippen LogP contribution in [0.25, 0.3) is 0 Å². The number of carboxylic acids is 1. The van der Waals surface area contributed by atoms with Crippen LogP contribution in [0.4, 0.5) is 0 Å². The zero-order valence-corrected chi connectivity index (χ0v) is 14.4. The summed E-state index contributed by atoms with van der Waals surface area (Å²) in [6, 6.07) is 6.93. The molecule has 134 valence electrons. The van der Waals surface area contributed by atoms with Gasteiger partial charge in [-0.1, -0.05) is 6.07 Å². The van der Waals surface area contributed by atoms with Crippen LogP contribution in [-0.2, 0) is 17.8 Å². The molecule has 1 heterocycles. The predicted molar refractivity (Wildman–Crippen MR) is 90.1 cm³/mol. The standard InChI is InChI=1S/C18H21NO6/c1-11-14(18(21)22)9-13(25-11)10-19-17(20)7-5-12-4-6-15(23-2)16(8-12)24-3/h4,6,8-9H,5,7,10H2,1-3H3,(H,19,20)(H,21,22). The number of aryl methyl sites for hydroxylation is 2. The minimum Gasteiger partial charge on any atom is -0.493 e. The van der Waals surface area contributed by atoms with Crippen LogP contribution < -0.4 is 14.8 Å². The Kier molecular flexibility index (Phi) is 6.05. The lowest BCUT2D eigenvalue weighted by Crippen LogP contribution is -2.22. The monoisotopic (exact) mass is 347 g/mol. The van der Waals surface area contributed by atoms with E-state index in [1.165, 1.54) is 6.07 Å². The summed E-state index contributed by atoms with van der Waals surface area (Å²) in [6.45, 7) is 1.73. The van der Waals surface area contributed by atoms with E-state index in [0.717, 1.165) is 5.56 Å². The van der Waals surface area contributed by atoms with Crippen molar-refractivity contribution in [3.63, 3.8) is 0 Å². The van der Waals surface area contributed by atoms with Gasteiger partial charge in [0.25, 0.3) is 0 Å². The van der Waals surface area contributed by atoms with Crippen molar-refractivity contribution in [1.82, 2.24) is 5.32 Å². The van der Waals surface area contributed by atoms with E-state index < -0.39 is 5.97 Å². The van der Waals surface area contributed by atoms with Gasteiger partial charge in [0.2, 0.25) is 5.91 Å². The second-order valence-electron chi connectivity index (χ2n) is 5.45. The van der Waals surface area contributed by atoms with Crippen molar-refractivity contribution >= 4 is 11.9 Å². The lowest BCUT2D eigenvalue weighted by molar-refractivity contribution is -0.121. The molecule has 0 fully saturated rings. The molecule has 0 aliphatic heterocycles. The van der Waals surface area contributed by atoms with Gasteiger partial charge < -0.3 is 24.3 Å². The number of carbonyl (C=O) groups is 2. The first-order chi connectivity index (χ1) is 11.9. The molecule has 0 spiro atoms. The minimum atomic E-state index is -1.05. The van der Waals surface area contributed by atoms with Gasteiger partial charge >= 0.3 is 5.97 Å². The number of aromatic carboxylic acids is 1. The normalized spacial score (nSPS) is 10.4. The van der Waals surface area contributed by atoms with E-state index in [4.69, 9.17) is 19.0 Å². The molecule has 7 nitrogen and oxygen atoms in total. The number of furan rings is 1. The fourth-order valence-electron chi connectivity index (χ4n) is 2.41. The average molecular weight is 347 g/mol. The van der Waals surface area contributed by atoms with Crippen molar-refractivity contribution in [2.24, 2.45) is 0 Å². The number of hydrogen-bond donors (Lipinski definition) is 2. The third kappa shape index (κ3) is 4.76. The highest BCUT2D eigenvalue weighted by Gasteiger charge is 2.14. The zero-order chi connectivity index (χ0) is 18.4. The first-order valence-electron chi connectivity index (χ1n) is 7.74. The molecule has 2 aromatic rings. The largest absolute Gasteiger partial charge is 0.493 e. The molecule has 0 radical (unpaired) electrons. The Morgan fingerprint density at radius 1 is 1.16 bits per heavy atom. The van der Waals surface area contributed by atoms with E-state index in [1.54, 1.807) is 27.2 Å². The molecule has 7 heteroatoms.